The van der Waals surface area contributed by atoms with Crippen molar-refractivity contribution in [3.63, 3.8) is 0 Å². The van der Waals surface area contributed by atoms with Crippen molar-refractivity contribution in [2.45, 2.75) is 51.2 Å². The zero-order valence-electron chi connectivity index (χ0n) is 15.0. The van der Waals surface area contributed by atoms with Gasteiger partial charge in [0.25, 0.3) is 0 Å². The Morgan fingerprint density at radius 3 is 2.27 bits per heavy atom. The van der Waals surface area contributed by atoms with E-state index in [1.807, 2.05) is 6.92 Å². The Bertz CT molecular complexity index is 468. The number of hydrogen-bond donors (Lipinski definition) is 4. The molecule has 1 unspecified atom stereocenters. The molecule has 0 radical (unpaired) electrons. The lowest BCUT2D eigenvalue weighted by Crippen LogP contribution is -2.25. The van der Waals surface area contributed by atoms with Crippen LogP contribution in [-0.2, 0) is 19.1 Å². The van der Waals surface area contributed by atoms with Crippen LogP contribution in [0.4, 0.5) is 0 Å². The predicted octanol–water partition coefficient (Wildman–Crippen LogP) is -0.627. The number of esters is 2. The van der Waals surface area contributed by atoms with Crippen molar-refractivity contribution < 1.29 is 39.5 Å². The number of unbranched alkanes of at least 4 members (excludes halogenated alkanes) is 2. The van der Waals surface area contributed by atoms with E-state index in [1.54, 1.807) is 0 Å². The van der Waals surface area contributed by atoms with Crippen molar-refractivity contribution in [3.8, 4) is 24.2 Å². The van der Waals surface area contributed by atoms with E-state index in [0.29, 0.717) is 19.3 Å². The van der Waals surface area contributed by atoms with Crippen molar-refractivity contribution in [2.75, 3.05) is 26.4 Å². The smallest absolute Gasteiger partial charge is 0.384 e. The van der Waals surface area contributed by atoms with Gasteiger partial charge in [-0.15, -0.1) is 12.3 Å². The minimum absolute atomic E-state index is 0.212. The summed E-state index contributed by atoms with van der Waals surface area (Å²) in [7, 11) is 0. The van der Waals surface area contributed by atoms with E-state index < -0.39 is 30.8 Å². The number of aliphatic hydroxyl groups is 4. The summed E-state index contributed by atoms with van der Waals surface area (Å²) in [6.07, 6.45) is 6.02. The molecule has 0 aromatic rings. The van der Waals surface area contributed by atoms with Gasteiger partial charge in [0.1, 0.15) is 18.8 Å². The van der Waals surface area contributed by atoms with Crippen molar-refractivity contribution >= 4 is 11.9 Å². The van der Waals surface area contributed by atoms with Crippen molar-refractivity contribution in [2.24, 2.45) is 0 Å². The first-order valence-electron chi connectivity index (χ1n) is 8.24. The zero-order valence-corrected chi connectivity index (χ0v) is 15.0. The maximum absolute atomic E-state index is 10.9. The van der Waals surface area contributed by atoms with E-state index in [9.17, 15) is 9.59 Å². The average Bonchev–Trinajstić information content (AvgIpc) is 2.65. The van der Waals surface area contributed by atoms with E-state index in [1.165, 1.54) is 0 Å². The molecule has 0 saturated heterocycles. The lowest BCUT2D eigenvalue weighted by Gasteiger charge is -2.11. The highest BCUT2D eigenvalue weighted by Gasteiger charge is 2.11. The van der Waals surface area contributed by atoms with E-state index in [4.69, 9.17) is 26.8 Å². The first-order chi connectivity index (χ1) is 12.4. The second kappa shape index (κ2) is 19.2. The molecule has 0 rings (SSSR count). The SMILES string of the molecule is C#CCCCC(=O)OC(CO)CO.CCCC#CC(=O)OCC(O)CO. The van der Waals surface area contributed by atoms with Gasteiger partial charge in [0, 0.05) is 25.2 Å². The summed E-state index contributed by atoms with van der Waals surface area (Å²) in [4.78, 5) is 21.7. The van der Waals surface area contributed by atoms with Gasteiger partial charge in [-0.1, -0.05) is 12.8 Å². The molecule has 8 nitrogen and oxygen atoms in total. The largest absolute Gasteiger partial charge is 0.457 e. The Labute approximate surface area is 154 Å². The van der Waals surface area contributed by atoms with E-state index in [0.717, 1.165) is 6.42 Å². The minimum atomic E-state index is -1.02. The summed E-state index contributed by atoms with van der Waals surface area (Å²) >= 11 is 0. The number of terminal acetylenes is 1. The van der Waals surface area contributed by atoms with Crippen molar-refractivity contribution in [1.82, 2.24) is 0 Å². The fourth-order valence-electron chi connectivity index (χ4n) is 1.23. The van der Waals surface area contributed by atoms with Crippen LogP contribution in [0.5, 0.6) is 0 Å². The van der Waals surface area contributed by atoms with E-state index in [-0.39, 0.29) is 26.2 Å². The first-order valence-corrected chi connectivity index (χ1v) is 8.24. The summed E-state index contributed by atoms with van der Waals surface area (Å²) in [6.45, 7) is 0.593. The summed E-state index contributed by atoms with van der Waals surface area (Å²) in [5.74, 6) is 6.16. The van der Waals surface area contributed by atoms with Gasteiger partial charge in [-0.2, -0.15) is 0 Å². The third-order valence-corrected chi connectivity index (χ3v) is 2.59. The number of rotatable bonds is 10. The number of aliphatic hydroxyl groups excluding tert-OH is 4. The Hall–Kier alpha value is -2.10. The van der Waals surface area contributed by atoms with Gasteiger partial charge < -0.3 is 29.9 Å². The zero-order chi connectivity index (χ0) is 20.2. The molecule has 0 fully saturated rings. The molecule has 8 heteroatoms. The van der Waals surface area contributed by atoms with E-state index in [2.05, 4.69) is 27.2 Å². The Morgan fingerprint density at radius 1 is 1.12 bits per heavy atom. The molecule has 148 valence electrons. The molecule has 0 aliphatic carbocycles. The van der Waals surface area contributed by atoms with Crippen molar-refractivity contribution in [3.05, 3.63) is 0 Å². The average molecular weight is 372 g/mol. The Morgan fingerprint density at radius 2 is 1.77 bits per heavy atom. The lowest BCUT2D eigenvalue weighted by molar-refractivity contribution is -0.153. The minimum Gasteiger partial charge on any atom is -0.457 e. The lowest BCUT2D eigenvalue weighted by atomic mass is 10.2. The molecule has 0 aliphatic heterocycles. The van der Waals surface area contributed by atoms with Gasteiger partial charge in [0.05, 0.1) is 19.8 Å². The monoisotopic (exact) mass is 372 g/mol. The van der Waals surface area contributed by atoms with Crippen LogP contribution in [0.3, 0.4) is 0 Å². The standard InChI is InChI=1S/2C9H14O4/c1-2-3-4-5-9(12)13-7-8(11)6-10;1-2-3-4-5-9(12)13-8(6-10)7-11/h8,10-11H,2-3,6-7H2,1H3;1,8,10-11H,3-7H2. The number of hydrogen-bond acceptors (Lipinski definition) is 8. The van der Waals surface area contributed by atoms with Gasteiger partial charge in [0.15, 0.2) is 0 Å². The molecule has 0 saturated carbocycles. The van der Waals surface area contributed by atoms with Gasteiger partial charge in [-0.3, -0.25) is 4.79 Å². The van der Waals surface area contributed by atoms with Crippen LogP contribution < -0.4 is 0 Å². The molecule has 4 N–H and O–H groups in total. The predicted molar refractivity (Wildman–Crippen MR) is 93.5 cm³/mol. The molecule has 1 atom stereocenters. The van der Waals surface area contributed by atoms with Crippen LogP contribution in [-0.4, -0.2) is 71.0 Å². The number of carbonyl (C=O) groups excluding carboxylic acids is 2. The van der Waals surface area contributed by atoms with Crippen LogP contribution in [0.15, 0.2) is 0 Å². The van der Waals surface area contributed by atoms with Crippen LogP contribution in [0.2, 0.25) is 0 Å². The molecule has 0 aromatic carbocycles. The Kier molecular flexibility index (Phi) is 19.3. The van der Waals surface area contributed by atoms with Crippen molar-refractivity contribution in [1.29, 1.82) is 0 Å². The van der Waals surface area contributed by atoms with Gasteiger partial charge in [-0.05, 0) is 12.8 Å². The highest BCUT2D eigenvalue weighted by atomic mass is 16.6. The molecule has 0 heterocycles. The van der Waals surface area contributed by atoms with Gasteiger partial charge >= 0.3 is 11.9 Å². The highest BCUT2D eigenvalue weighted by molar-refractivity contribution is 5.88. The molecule has 0 aromatic heterocycles. The maximum Gasteiger partial charge on any atom is 0.384 e. The van der Waals surface area contributed by atoms with Gasteiger partial charge in [-0.25, -0.2) is 4.79 Å². The molecule has 0 bridgehead atoms. The fourth-order valence-corrected chi connectivity index (χ4v) is 1.23. The maximum atomic E-state index is 10.9. The summed E-state index contributed by atoms with van der Waals surface area (Å²) < 4.78 is 9.21. The van der Waals surface area contributed by atoms with Crippen LogP contribution >= 0.6 is 0 Å². The quantitative estimate of drug-likeness (QED) is 0.172. The Balaban J connectivity index is 0. The molecule has 26 heavy (non-hydrogen) atoms. The third-order valence-electron chi connectivity index (χ3n) is 2.59. The first kappa shape index (κ1) is 26.1. The molecular formula is C18H28O8. The summed E-state index contributed by atoms with van der Waals surface area (Å²) in [5, 5.41) is 34.3. The highest BCUT2D eigenvalue weighted by Crippen LogP contribution is 1.99. The number of ether oxygens (including phenoxy) is 2. The molecule has 0 aliphatic rings. The second-order valence-electron chi connectivity index (χ2n) is 5.02. The number of carbonyl (C=O) groups is 2. The summed E-state index contributed by atoms with van der Waals surface area (Å²) in [5.41, 5.74) is 0. The van der Waals surface area contributed by atoms with Gasteiger partial charge in [0.2, 0.25) is 0 Å². The summed E-state index contributed by atoms with van der Waals surface area (Å²) in [6, 6.07) is 0. The molecule has 0 amide bonds. The molecule has 0 spiro atoms. The second-order valence-corrected chi connectivity index (χ2v) is 5.02. The normalized spacial score (nSPS) is 10.5. The third kappa shape index (κ3) is 18.2. The topological polar surface area (TPSA) is 134 Å². The van der Waals surface area contributed by atoms with Crippen LogP contribution in [0.1, 0.15) is 39.0 Å². The van der Waals surface area contributed by atoms with Crippen LogP contribution in [0.25, 0.3) is 0 Å². The van der Waals surface area contributed by atoms with Crippen LogP contribution in [0, 0.1) is 24.2 Å². The van der Waals surface area contributed by atoms with E-state index >= 15 is 0 Å². The molecular weight excluding hydrogens is 344 g/mol. The fraction of sp³-hybridized carbons (Fsp3) is 0.667.